The van der Waals surface area contributed by atoms with Gasteiger partial charge >= 0.3 is 0 Å². The van der Waals surface area contributed by atoms with E-state index in [1.807, 2.05) is 91.0 Å². The zero-order valence-electron chi connectivity index (χ0n) is 18.2. The van der Waals surface area contributed by atoms with E-state index in [0.29, 0.717) is 33.0 Å². The van der Waals surface area contributed by atoms with Crippen molar-refractivity contribution < 1.29 is 18.9 Å². The molecular weight excluding hydrogens is 402 g/mol. The molecule has 0 radical (unpaired) electrons. The molecule has 1 aliphatic rings. The lowest BCUT2D eigenvalue weighted by Crippen LogP contribution is -2.59. The van der Waals surface area contributed by atoms with E-state index < -0.39 is 0 Å². The second-order valence-electron chi connectivity index (χ2n) is 8.06. The Morgan fingerprint density at radius 1 is 0.656 bits per heavy atom. The van der Waals surface area contributed by atoms with Crippen LogP contribution in [0.3, 0.4) is 0 Å². The van der Waals surface area contributed by atoms with Gasteiger partial charge in [0.2, 0.25) is 0 Å². The highest BCUT2D eigenvalue weighted by molar-refractivity contribution is 5.15. The van der Waals surface area contributed by atoms with E-state index in [1.54, 1.807) is 0 Å². The molecule has 3 aromatic carbocycles. The third-order valence-corrected chi connectivity index (χ3v) is 5.58. The van der Waals surface area contributed by atoms with Crippen molar-refractivity contribution in [3.63, 3.8) is 0 Å². The minimum absolute atomic E-state index is 0.261. The van der Waals surface area contributed by atoms with Crippen LogP contribution >= 0.6 is 0 Å². The maximum Gasteiger partial charge on any atom is 0.114 e. The van der Waals surface area contributed by atoms with Crippen LogP contribution in [-0.4, -0.2) is 37.6 Å². The van der Waals surface area contributed by atoms with Crippen LogP contribution in [0, 0.1) is 0 Å². The molecule has 3 aromatic rings. The van der Waals surface area contributed by atoms with Gasteiger partial charge in [0.1, 0.15) is 18.3 Å². The molecule has 168 valence electrons. The molecule has 4 atom stereocenters. The summed E-state index contributed by atoms with van der Waals surface area (Å²) >= 11 is 0. The molecule has 1 unspecified atom stereocenters. The Kier molecular flexibility index (Phi) is 8.42. The first kappa shape index (κ1) is 22.6. The fourth-order valence-electron chi connectivity index (χ4n) is 3.84. The molecule has 5 nitrogen and oxygen atoms in total. The average molecular weight is 434 g/mol. The summed E-state index contributed by atoms with van der Waals surface area (Å²) in [7, 11) is 0. The van der Waals surface area contributed by atoms with Crippen molar-refractivity contribution in [2.45, 2.75) is 44.2 Å². The smallest absolute Gasteiger partial charge is 0.114 e. The van der Waals surface area contributed by atoms with Crippen LogP contribution < -0.4 is 5.73 Å². The first-order valence-electron chi connectivity index (χ1n) is 11.1. The highest BCUT2D eigenvalue weighted by Gasteiger charge is 2.41. The van der Waals surface area contributed by atoms with Gasteiger partial charge in [-0.05, 0) is 16.7 Å². The van der Waals surface area contributed by atoms with E-state index in [0.717, 1.165) is 16.7 Å². The summed E-state index contributed by atoms with van der Waals surface area (Å²) in [5.74, 6) is 0. The lowest BCUT2D eigenvalue weighted by molar-refractivity contribution is -0.204. The molecule has 0 aliphatic carbocycles. The molecule has 0 aromatic heterocycles. The van der Waals surface area contributed by atoms with Gasteiger partial charge in [0.25, 0.3) is 0 Å². The Hall–Kier alpha value is -2.54. The summed E-state index contributed by atoms with van der Waals surface area (Å²) in [4.78, 5) is 0. The van der Waals surface area contributed by atoms with E-state index in [2.05, 4.69) is 0 Å². The van der Waals surface area contributed by atoms with Gasteiger partial charge in [0.05, 0.1) is 39.1 Å². The van der Waals surface area contributed by atoms with Crippen molar-refractivity contribution in [2.24, 2.45) is 5.73 Å². The van der Waals surface area contributed by atoms with Crippen LogP contribution in [0.15, 0.2) is 91.0 Å². The monoisotopic (exact) mass is 433 g/mol. The second kappa shape index (κ2) is 11.9. The van der Waals surface area contributed by atoms with Crippen LogP contribution in [0.1, 0.15) is 16.7 Å². The predicted molar refractivity (Wildman–Crippen MR) is 124 cm³/mol. The highest BCUT2D eigenvalue weighted by Crippen LogP contribution is 2.24. The number of rotatable bonds is 10. The number of nitrogens with two attached hydrogens (primary N) is 1. The van der Waals surface area contributed by atoms with E-state index >= 15 is 0 Å². The van der Waals surface area contributed by atoms with Gasteiger partial charge in [-0.1, -0.05) is 91.0 Å². The largest absolute Gasteiger partial charge is 0.374 e. The average Bonchev–Trinajstić information content (AvgIpc) is 2.85. The summed E-state index contributed by atoms with van der Waals surface area (Å²) in [5.41, 5.74) is 9.73. The number of ether oxygens (including phenoxy) is 4. The van der Waals surface area contributed by atoms with Crippen LogP contribution in [0.4, 0.5) is 0 Å². The Labute approximate surface area is 190 Å². The van der Waals surface area contributed by atoms with Crippen molar-refractivity contribution in [1.29, 1.82) is 0 Å². The quantitative estimate of drug-likeness (QED) is 0.522. The predicted octanol–water partition coefficient (Wildman–Crippen LogP) is 4.10. The molecule has 0 spiro atoms. The van der Waals surface area contributed by atoms with Gasteiger partial charge in [0, 0.05) is 0 Å². The molecule has 4 rings (SSSR count). The molecule has 1 fully saturated rings. The van der Waals surface area contributed by atoms with E-state index in [-0.39, 0.29) is 24.4 Å². The zero-order valence-corrected chi connectivity index (χ0v) is 18.2. The molecule has 5 heteroatoms. The van der Waals surface area contributed by atoms with Crippen molar-refractivity contribution >= 4 is 0 Å². The maximum atomic E-state index is 6.41. The van der Waals surface area contributed by atoms with Gasteiger partial charge in [-0.2, -0.15) is 0 Å². The van der Waals surface area contributed by atoms with Crippen molar-refractivity contribution in [2.75, 3.05) is 13.2 Å². The third kappa shape index (κ3) is 6.48. The first-order valence-corrected chi connectivity index (χ1v) is 11.1. The fourth-order valence-corrected chi connectivity index (χ4v) is 3.84. The number of hydrogen-bond acceptors (Lipinski definition) is 5. The van der Waals surface area contributed by atoms with Crippen LogP contribution in [-0.2, 0) is 38.8 Å². The second-order valence-corrected chi connectivity index (χ2v) is 8.06. The van der Waals surface area contributed by atoms with Crippen molar-refractivity contribution in [1.82, 2.24) is 0 Å². The number of hydrogen-bond donors (Lipinski definition) is 1. The number of benzene rings is 3. The molecule has 0 saturated carbocycles. The summed E-state index contributed by atoms with van der Waals surface area (Å²) < 4.78 is 24.7. The molecule has 2 N–H and O–H groups in total. The Morgan fingerprint density at radius 3 is 1.66 bits per heavy atom. The van der Waals surface area contributed by atoms with Gasteiger partial charge in [-0.25, -0.2) is 0 Å². The first-order chi connectivity index (χ1) is 15.8. The summed E-state index contributed by atoms with van der Waals surface area (Å²) in [6.07, 6.45) is -0.889. The van der Waals surface area contributed by atoms with Crippen LogP contribution in [0.2, 0.25) is 0 Å². The van der Waals surface area contributed by atoms with Gasteiger partial charge in [-0.15, -0.1) is 0 Å². The topological polar surface area (TPSA) is 62.9 Å². The lowest BCUT2D eigenvalue weighted by atomic mass is 9.98. The van der Waals surface area contributed by atoms with E-state index in [9.17, 15) is 0 Å². The molecular formula is C27H31NO4. The Morgan fingerprint density at radius 2 is 1.12 bits per heavy atom. The summed E-state index contributed by atoms with van der Waals surface area (Å²) in [6.45, 7) is 2.27. The maximum absolute atomic E-state index is 6.41. The molecule has 0 bridgehead atoms. The summed E-state index contributed by atoms with van der Waals surface area (Å²) in [5, 5.41) is 0. The molecule has 1 aliphatic heterocycles. The minimum atomic E-state index is -0.335. The Bertz CT molecular complexity index is 907. The normalized spacial score (nSPS) is 23.2. The van der Waals surface area contributed by atoms with Crippen LogP contribution in [0.5, 0.6) is 0 Å². The van der Waals surface area contributed by atoms with Crippen molar-refractivity contribution in [3.8, 4) is 0 Å². The van der Waals surface area contributed by atoms with E-state index in [1.165, 1.54) is 0 Å². The minimum Gasteiger partial charge on any atom is -0.374 e. The van der Waals surface area contributed by atoms with E-state index in [4.69, 9.17) is 24.7 Å². The molecule has 1 saturated heterocycles. The zero-order chi connectivity index (χ0) is 22.0. The van der Waals surface area contributed by atoms with Gasteiger partial charge < -0.3 is 24.7 Å². The molecule has 32 heavy (non-hydrogen) atoms. The lowest BCUT2D eigenvalue weighted by Gasteiger charge is -2.41. The van der Waals surface area contributed by atoms with Crippen LogP contribution in [0.25, 0.3) is 0 Å². The molecule has 0 amide bonds. The standard InChI is InChI=1S/C27H31NO4/c28-24-19-30-25(20-29-16-21-10-4-1-5-11-21)27(32-18-23-14-8-3-9-15-23)26(24)31-17-22-12-6-2-7-13-22/h1-15,24-27H,16-20,28H2/t24?,25-,26-,27+/m1/s1. The Balaban J connectivity index is 1.42. The summed E-state index contributed by atoms with van der Waals surface area (Å²) in [6, 6.07) is 30.0. The SMILES string of the molecule is NC1CO[C@H](COCc2ccccc2)[C@H](OCc2ccccc2)[C@@H]1OCc1ccccc1. The molecule has 1 heterocycles. The van der Waals surface area contributed by atoms with Gasteiger partial charge in [0.15, 0.2) is 0 Å². The fraction of sp³-hybridized carbons (Fsp3) is 0.333. The third-order valence-electron chi connectivity index (χ3n) is 5.58. The van der Waals surface area contributed by atoms with Crippen molar-refractivity contribution in [3.05, 3.63) is 108 Å². The van der Waals surface area contributed by atoms with Gasteiger partial charge in [-0.3, -0.25) is 0 Å². The highest BCUT2D eigenvalue weighted by atomic mass is 16.6.